The topological polar surface area (TPSA) is 54.4 Å². The van der Waals surface area contributed by atoms with Crippen molar-refractivity contribution in [2.45, 2.75) is 43.6 Å². The number of carboxylic acid groups (broad SMARTS) is 1. The summed E-state index contributed by atoms with van der Waals surface area (Å²) in [6.07, 6.45) is 4.22. The highest BCUT2D eigenvalue weighted by Gasteiger charge is 2.24. The maximum atomic E-state index is 13.6. The van der Waals surface area contributed by atoms with E-state index in [0.717, 1.165) is 19.3 Å². The van der Waals surface area contributed by atoms with Crippen molar-refractivity contribution in [2.24, 2.45) is 5.92 Å². The second-order valence-corrected chi connectivity index (χ2v) is 7.26. The maximum Gasteiger partial charge on any atom is 0.338 e. The molecule has 1 aliphatic carbocycles. The Hall–Kier alpha value is -1.23. The van der Waals surface area contributed by atoms with Crippen molar-refractivity contribution < 1.29 is 18.5 Å². The summed E-state index contributed by atoms with van der Waals surface area (Å²) in [4.78, 5) is 10.7. The lowest BCUT2D eigenvalue weighted by Crippen LogP contribution is -2.24. The molecule has 20 heavy (non-hydrogen) atoms. The predicted molar refractivity (Wildman–Crippen MR) is 76.6 cm³/mol. The molecule has 1 aromatic rings. The van der Waals surface area contributed by atoms with Crippen molar-refractivity contribution in [3.63, 3.8) is 0 Å². The Morgan fingerprint density at radius 1 is 1.45 bits per heavy atom. The molecule has 3 atom stereocenters. The molecule has 1 aliphatic rings. The molecule has 0 aliphatic heterocycles. The van der Waals surface area contributed by atoms with E-state index in [2.05, 4.69) is 6.92 Å². The first-order valence-corrected chi connectivity index (χ1v) is 8.24. The van der Waals surface area contributed by atoms with Gasteiger partial charge < -0.3 is 5.11 Å². The number of hydrogen-bond acceptors (Lipinski definition) is 2. The Bertz CT molecular complexity index is 530. The van der Waals surface area contributed by atoms with Gasteiger partial charge in [-0.3, -0.25) is 4.21 Å². The fourth-order valence-corrected chi connectivity index (χ4v) is 4.44. The van der Waals surface area contributed by atoms with Crippen molar-refractivity contribution >= 4 is 16.8 Å². The van der Waals surface area contributed by atoms with E-state index < -0.39 is 22.6 Å². The van der Waals surface area contributed by atoms with Crippen molar-refractivity contribution in [1.82, 2.24) is 0 Å². The highest BCUT2D eigenvalue weighted by atomic mass is 32.2. The summed E-state index contributed by atoms with van der Waals surface area (Å²) in [5.41, 5.74) is 0.259. The van der Waals surface area contributed by atoms with Gasteiger partial charge in [-0.25, -0.2) is 9.18 Å². The number of carbonyl (C=O) groups is 1. The van der Waals surface area contributed by atoms with Crippen LogP contribution in [0.2, 0.25) is 0 Å². The van der Waals surface area contributed by atoms with Gasteiger partial charge in [-0.05, 0) is 36.5 Å². The molecule has 110 valence electrons. The molecule has 1 N–H and O–H groups in total. The van der Waals surface area contributed by atoms with Gasteiger partial charge in [0.05, 0.1) is 5.56 Å². The average Bonchev–Trinajstić information content (AvgIpc) is 2.38. The summed E-state index contributed by atoms with van der Waals surface area (Å²) in [6, 6.07) is 3.98. The van der Waals surface area contributed by atoms with Crippen LogP contribution in [0.1, 0.15) is 48.5 Å². The molecule has 3 unspecified atom stereocenters. The van der Waals surface area contributed by atoms with Crippen molar-refractivity contribution in [1.29, 1.82) is 0 Å². The first kappa shape index (κ1) is 15.2. The summed E-state index contributed by atoms with van der Waals surface area (Å²) < 4.78 is 25.9. The lowest BCUT2D eigenvalue weighted by atomic mass is 9.91. The van der Waals surface area contributed by atoms with Gasteiger partial charge in [0.1, 0.15) is 5.82 Å². The van der Waals surface area contributed by atoms with Crippen molar-refractivity contribution in [2.75, 3.05) is 0 Å². The zero-order chi connectivity index (χ0) is 14.7. The fourth-order valence-electron chi connectivity index (χ4n) is 2.72. The number of rotatable bonds is 4. The van der Waals surface area contributed by atoms with Crippen molar-refractivity contribution in [3.05, 3.63) is 35.1 Å². The molecular weight excluding hydrogens is 279 g/mol. The monoisotopic (exact) mass is 298 g/mol. The third kappa shape index (κ3) is 3.66. The quantitative estimate of drug-likeness (QED) is 0.927. The van der Waals surface area contributed by atoms with E-state index in [9.17, 15) is 13.4 Å². The van der Waals surface area contributed by atoms with Gasteiger partial charge in [0.25, 0.3) is 0 Å². The van der Waals surface area contributed by atoms with Crippen LogP contribution in [0.4, 0.5) is 4.39 Å². The minimum Gasteiger partial charge on any atom is -0.478 e. The molecule has 0 saturated heterocycles. The smallest absolute Gasteiger partial charge is 0.338 e. The first-order chi connectivity index (χ1) is 9.47. The highest BCUT2D eigenvalue weighted by molar-refractivity contribution is 7.84. The van der Waals surface area contributed by atoms with E-state index in [-0.39, 0.29) is 10.8 Å². The highest BCUT2D eigenvalue weighted by Crippen LogP contribution is 2.28. The van der Waals surface area contributed by atoms with Gasteiger partial charge in [-0.1, -0.05) is 25.8 Å². The van der Waals surface area contributed by atoms with E-state index in [1.807, 2.05) is 0 Å². The van der Waals surface area contributed by atoms with Gasteiger partial charge in [0.2, 0.25) is 0 Å². The molecule has 0 aromatic heterocycles. The van der Waals surface area contributed by atoms with Gasteiger partial charge in [-0.15, -0.1) is 0 Å². The van der Waals surface area contributed by atoms with Gasteiger partial charge >= 0.3 is 5.97 Å². The summed E-state index contributed by atoms with van der Waals surface area (Å²) in [6.45, 7) is 2.17. The Balaban J connectivity index is 2.04. The van der Waals surface area contributed by atoms with E-state index in [0.29, 0.717) is 17.2 Å². The first-order valence-electron chi connectivity index (χ1n) is 6.86. The number of hydrogen-bond donors (Lipinski definition) is 1. The van der Waals surface area contributed by atoms with E-state index in [1.54, 1.807) is 6.07 Å². The van der Waals surface area contributed by atoms with Crippen LogP contribution in [0.3, 0.4) is 0 Å². The van der Waals surface area contributed by atoms with Crippen LogP contribution in [-0.2, 0) is 16.6 Å². The van der Waals surface area contributed by atoms with Crippen LogP contribution in [-0.4, -0.2) is 20.5 Å². The van der Waals surface area contributed by atoms with Crippen LogP contribution in [0.25, 0.3) is 0 Å². The molecule has 0 bridgehead atoms. The zero-order valence-electron chi connectivity index (χ0n) is 11.5. The molecule has 1 fully saturated rings. The molecule has 1 aromatic carbocycles. The van der Waals surface area contributed by atoms with E-state index in [4.69, 9.17) is 5.11 Å². The minimum absolute atomic E-state index is 0.181. The predicted octanol–water partition coefficient (Wildman–Crippen LogP) is 3.35. The van der Waals surface area contributed by atoms with Crippen LogP contribution in [0.15, 0.2) is 18.2 Å². The zero-order valence-corrected chi connectivity index (χ0v) is 12.3. The summed E-state index contributed by atoms with van der Waals surface area (Å²) >= 11 is 0. The van der Waals surface area contributed by atoms with Crippen LogP contribution in [0, 0.1) is 11.7 Å². The molecule has 0 radical (unpaired) electrons. The minimum atomic E-state index is -1.28. The summed E-state index contributed by atoms with van der Waals surface area (Å²) in [5, 5.41) is 8.95. The Labute approximate surface area is 120 Å². The second kappa shape index (κ2) is 6.48. The Morgan fingerprint density at radius 2 is 2.20 bits per heavy atom. The van der Waals surface area contributed by atoms with Gasteiger partial charge in [0, 0.05) is 21.8 Å². The molecule has 2 rings (SSSR count). The largest absolute Gasteiger partial charge is 0.478 e. The number of benzene rings is 1. The SMILES string of the molecule is CC1CCCC(S(=O)Cc2ccc(C(=O)O)c(F)c2)C1. The maximum absolute atomic E-state index is 13.6. The molecular formula is C15H19FO3S. The van der Waals surface area contributed by atoms with Gasteiger partial charge in [-0.2, -0.15) is 0 Å². The third-order valence-corrected chi connectivity index (χ3v) is 5.62. The molecule has 3 nitrogen and oxygen atoms in total. The number of aromatic carboxylic acids is 1. The molecule has 0 heterocycles. The standard InChI is InChI=1S/C15H19FO3S/c1-10-3-2-4-12(7-10)20(19)9-11-5-6-13(15(17)18)14(16)8-11/h5-6,8,10,12H,2-4,7,9H2,1H3,(H,17,18). The average molecular weight is 298 g/mol. The fraction of sp³-hybridized carbons (Fsp3) is 0.533. The summed E-state index contributed by atoms with van der Waals surface area (Å²) in [7, 11) is -1.02. The van der Waals surface area contributed by atoms with E-state index in [1.165, 1.54) is 18.6 Å². The molecule has 1 saturated carbocycles. The normalized spacial score (nSPS) is 24.3. The van der Waals surface area contributed by atoms with Crippen LogP contribution < -0.4 is 0 Å². The lowest BCUT2D eigenvalue weighted by molar-refractivity contribution is 0.0692. The second-order valence-electron chi connectivity index (χ2n) is 5.54. The molecule has 0 amide bonds. The lowest BCUT2D eigenvalue weighted by Gasteiger charge is -2.26. The van der Waals surface area contributed by atoms with Crippen LogP contribution >= 0.6 is 0 Å². The number of carboxylic acids is 1. The van der Waals surface area contributed by atoms with E-state index >= 15 is 0 Å². The third-order valence-electron chi connectivity index (χ3n) is 3.83. The van der Waals surface area contributed by atoms with Gasteiger partial charge in [0.15, 0.2) is 0 Å². The number of halogens is 1. The van der Waals surface area contributed by atoms with Crippen molar-refractivity contribution in [3.8, 4) is 0 Å². The summed E-state index contributed by atoms with van der Waals surface area (Å²) in [5.74, 6) is -1.14. The Kier molecular flexibility index (Phi) is 4.91. The van der Waals surface area contributed by atoms with Crippen LogP contribution in [0.5, 0.6) is 0 Å². The molecule has 0 spiro atoms. The molecule has 5 heteroatoms. The Morgan fingerprint density at radius 3 is 2.80 bits per heavy atom.